The predicted octanol–water partition coefficient (Wildman–Crippen LogP) is 2.45. The second-order valence-electron chi connectivity index (χ2n) is 4.21. The van der Waals surface area contributed by atoms with Crippen LogP contribution < -0.4 is 5.32 Å². The lowest BCUT2D eigenvalue weighted by Gasteiger charge is -2.14. The molecule has 1 aromatic rings. The van der Waals surface area contributed by atoms with Crippen LogP contribution in [0.3, 0.4) is 0 Å². The van der Waals surface area contributed by atoms with Gasteiger partial charge in [0.25, 0.3) is 0 Å². The predicted molar refractivity (Wildman–Crippen MR) is 71.6 cm³/mol. The summed E-state index contributed by atoms with van der Waals surface area (Å²) in [7, 11) is 0. The summed E-state index contributed by atoms with van der Waals surface area (Å²) in [6.45, 7) is 5.49. The number of carboxylic acid groups (broad SMARTS) is 1. The third-order valence-electron chi connectivity index (χ3n) is 2.18. The van der Waals surface area contributed by atoms with Gasteiger partial charge in [-0.3, -0.25) is 4.79 Å². The van der Waals surface area contributed by atoms with E-state index in [0.717, 1.165) is 4.90 Å². The monoisotopic (exact) mass is 267 g/mol. The van der Waals surface area contributed by atoms with Crippen molar-refractivity contribution in [3.05, 3.63) is 29.8 Å². The van der Waals surface area contributed by atoms with E-state index in [0.29, 0.717) is 10.8 Å². The first-order valence-corrected chi connectivity index (χ1v) is 6.54. The summed E-state index contributed by atoms with van der Waals surface area (Å²) in [5.41, 5.74) is 0.575. The molecule has 1 amide bonds. The normalized spacial score (nSPS) is 12.2. The number of amides is 1. The number of nitrogens with one attached hydrogen (secondary N) is 1. The molecule has 98 valence electrons. The quantitative estimate of drug-likeness (QED) is 0.804. The van der Waals surface area contributed by atoms with Gasteiger partial charge in [-0.1, -0.05) is 26.0 Å². The average molecular weight is 267 g/mol. The molecule has 0 aromatic heterocycles. The smallest absolute Gasteiger partial charge is 0.330 e. The number of carbonyl (C=O) groups is 2. The first-order chi connectivity index (χ1) is 8.40. The number of hydrogen-bond donors (Lipinski definition) is 2. The molecule has 18 heavy (non-hydrogen) atoms. The highest BCUT2D eigenvalue weighted by Gasteiger charge is 2.20. The number of benzene rings is 1. The minimum atomic E-state index is -1.06. The number of aliphatic carboxylic acids is 1. The SMILES string of the molecule is CC(=O)NC(C(=O)O)c1ccc(SC(C)C)cc1. The van der Waals surface area contributed by atoms with Gasteiger partial charge in [0.05, 0.1) is 0 Å². The van der Waals surface area contributed by atoms with Crippen LogP contribution in [-0.4, -0.2) is 22.2 Å². The van der Waals surface area contributed by atoms with Crippen LogP contribution in [0, 0.1) is 0 Å². The molecular formula is C13H17NO3S. The maximum atomic E-state index is 11.1. The van der Waals surface area contributed by atoms with Crippen LogP contribution >= 0.6 is 11.8 Å². The first-order valence-electron chi connectivity index (χ1n) is 5.66. The molecule has 1 aromatic carbocycles. The van der Waals surface area contributed by atoms with Crippen molar-refractivity contribution in [2.45, 2.75) is 37.0 Å². The molecule has 0 fully saturated rings. The highest BCUT2D eigenvalue weighted by atomic mass is 32.2. The highest BCUT2D eigenvalue weighted by Crippen LogP contribution is 2.24. The minimum Gasteiger partial charge on any atom is -0.479 e. The van der Waals surface area contributed by atoms with Crippen molar-refractivity contribution in [3.8, 4) is 0 Å². The van der Waals surface area contributed by atoms with E-state index in [1.165, 1.54) is 6.92 Å². The summed E-state index contributed by atoms with van der Waals surface area (Å²) in [4.78, 5) is 23.1. The first kappa shape index (κ1) is 14.6. The largest absolute Gasteiger partial charge is 0.479 e. The fraction of sp³-hybridized carbons (Fsp3) is 0.385. The lowest BCUT2D eigenvalue weighted by molar-refractivity contribution is -0.141. The molecular weight excluding hydrogens is 250 g/mol. The molecule has 0 spiro atoms. The van der Waals surface area contributed by atoms with E-state index in [9.17, 15) is 9.59 Å². The van der Waals surface area contributed by atoms with Gasteiger partial charge in [0.15, 0.2) is 6.04 Å². The molecule has 0 aliphatic heterocycles. The maximum absolute atomic E-state index is 11.1. The van der Waals surface area contributed by atoms with Gasteiger partial charge in [0, 0.05) is 17.1 Å². The minimum absolute atomic E-state index is 0.358. The summed E-state index contributed by atoms with van der Waals surface area (Å²) in [5.74, 6) is -1.42. The Balaban J connectivity index is 2.86. The summed E-state index contributed by atoms with van der Waals surface area (Å²) in [6.07, 6.45) is 0. The number of rotatable bonds is 5. The van der Waals surface area contributed by atoms with Gasteiger partial charge in [0.2, 0.25) is 5.91 Å². The van der Waals surface area contributed by atoms with E-state index in [1.807, 2.05) is 12.1 Å². The molecule has 4 nitrogen and oxygen atoms in total. The van der Waals surface area contributed by atoms with Crippen LogP contribution in [0.25, 0.3) is 0 Å². The standard InChI is InChI=1S/C13H17NO3S/c1-8(2)18-11-6-4-10(5-7-11)12(13(16)17)14-9(3)15/h4-8,12H,1-3H3,(H,14,15)(H,16,17). The lowest BCUT2D eigenvalue weighted by atomic mass is 10.1. The Kier molecular flexibility index (Phi) is 5.22. The fourth-order valence-electron chi connectivity index (χ4n) is 1.50. The number of hydrogen-bond acceptors (Lipinski definition) is 3. The Morgan fingerprint density at radius 2 is 1.78 bits per heavy atom. The van der Waals surface area contributed by atoms with Crippen molar-refractivity contribution in [2.75, 3.05) is 0 Å². The molecule has 2 N–H and O–H groups in total. The van der Waals surface area contributed by atoms with Crippen LogP contribution in [-0.2, 0) is 9.59 Å². The van der Waals surface area contributed by atoms with Crippen LogP contribution in [0.2, 0.25) is 0 Å². The third-order valence-corrected chi connectivity index (χ3v) is 3.20. The van der Waals surface area contributed by atoms with Crippen molar-refractivity contribution in [2.24, 2.45) is 0 Å². The Labute approximate surface area is 111 Å². The van der Waals surface area contributed by atoms with E-state index in [4.69, 9.17) is 5.11 Å². The Morgan fingerprint density at radius 1 is 1.22 bits per heavy atom. The zero-order chi connectivity index (χ0) is 13.7. The van der Waals surface area contributed by atoms with Crippen molar-refractivity contribution in [3.63, 3.8) is 0 Å². The van der Waals surface area contributed by atoms with E-state index in [-0.39, 0.29) is 5.91 Å². The van der Waals surface area contributed by atoms with E-state index >= 15 is 0 Å². The number of carbonyl (C=O) groups excluding carboxylic acids is 1. The van der Waals surface area contributed by atoms with Gasteiger partial charge in [-0.15, -0.1) is 11.8 Å². The van der Waals surface area contributed by atoms with Gasteiger partial charge >= 0.3 is 5.97 Å². The fourth-order valence-corrected chi connectivity index (χ4v) is 2.34. The van der Waals surface area contributed by atoms with Crippen LogP contribution in [0.15, 0.2) is 29.2 Å². The summed E-state index contributed by atoms with van der Waals surface area (Å²) < 4.78 is 0. The van der Waals surface area contributed by atoms with Crippen LogP contribution in [0.5, 0.6) is 0 Å². The van der Waals surface area contributed by atoms with Crippen molar-refractivity contribution in [1.82, 2.24) is 5.32 Å². The van der Waals surface area contributed by atoms with Crippen LogP contribution in [0.1, 0.15) is 32.4 Å². The zero-order valence-corrected chi connectivity index (χ0v) is 11.5. The molecule has 0 heterocycles. The van der Waals surface area contributed by atoms with Crippen LogP contribution in [0.4, 0.5) is 0 Å². The molecule has 5 heteroatoms. The second-order valence-corrected chi connectivity index (χ2v) is 5.86. The summed E-state index contributed by atoms with van der Waals surface area (Å²) in [5, 5.41) is 12.0. The molecule has 1 rings (SSSR count). The van der Waals surface area contributed by atoms with Gasteiger partial charge in [-0.25, -0.2) is 4.79 Å². The van der Waals surface area contributed by atoms with E-state index in [1.54, 1.807) is 23.9 Å². The van der Waals surface area contributed by atoms with Crippen molar-refractivity contribution in [1.29, 1.82) is 0 Å². The number of thioether (sulfide) groups is 1. The number of carboxylic acids is 1. The molecule has 0 aliphatic rings. The molecule has 0 radical (unpaired) electrons. The Hall–Kier alpha value is -1.49. The zero-order valence-electron chi connectivity index (χ0n) is 10.6. The van der Waals surface area contributed by atoms with Gasteiger partial charge < -0.3 is 10.4 Å². The van der Waals surface area contributed by atoms with E-state index < -0.39 is 12.0 Å². The average Bonchev–Trinajstić information content (AvgIpc) is 2.26. The summed E-state index contributed by atoms with van der Waals surface area (Å²) >= 11 is 1.71. The Morgan fingerprint density at radius 3 is 2.17 bits per heavy atom. The van der Waals surface area contributed by atoms with E-state index in [2.05, 4.69) is 19.2 Å². The molecule has 1 unspecified atom stereocenters. The molecule has 0 bridgehead atoms. The maximum Gasteiger partial charge on any atom is 0.330 e. The Bertz CT molecular complexity index is 428. The summed E-state index contributed by atoms with van der Waals surface area (Å²) in [6, 6.07) is 6.23. The molecule has 0 aliphatic carbocycles. The third kappa shape index (κ3) is 4.41. The van der Waals surface area contributed by atoms with Crippen molar-refractivity contribution >= 4 is 23.6 Å². The topological polar surface area (TPSA) is 66.4 Å². The lowest BCUT2D eigenvalue weighted by Crippen LogP contribution is -2.31. The van der Waals surface area contributed by atoms with Crippen molar-refractivity contribution < 1.29 is 14.7 Å². The van der Waals surface area contributed by atoms with Gasteiger partial charge in [0.1, 0.15) is 0 Å². The molecule has 0 saturated carbocycles. The van der Waals surface area contributed by atoms with Gasteiger partial charge in [-0.2, -0.15) is 0 Å². The highest BCUT2D eigenvalue weighted by molar-refractivity contribution is 7.99. The second kappa shape index (κ2) is 6.44. The van der Waals surface area contributed by atoms with Gasteiger partial charge in [-0.05, 0) is 17.7 Å². The molecule has 0 saturated heterocycles. The molecule has 1 atom stereocenters.